The van der Waals surface area contributed by atoms with E-state index in [2.05, 4.69) is 25.4 Å². The number of rotatable bonds is 6. The molecule has 9 heteroatoms. The second kappa shape index (κ2) is 6.54. The Morgan fingerprint density at radius 2 is 1.71 bits per heavy atom. The van der Waals surface area contributed by atoms with E-state index >= 15 is 0 Å². The van der Waals surface area contributed by atoms with Gasteiger partial charge in [-0.1, -0.05) is 20.8 Å². The van der Waals surface area contributed by atoms with Gasteiger partial charge in [0.2, 0.25) is 10.0 Å². The molecule has 0 unspecified atom stereocenters. The third-order valence-electron chi connectivity index (χ3n) is 2.74. The summed E-state index contributed by atoms with van der Waals surface area (Å²) in [5, 5.41) is 3.10. The van der Waals surface area contributed by atoms with Crippen molar-refractivity contribution in [3.63, 3.8) is 0 Å². The Kier molecular flexibility index (Phi) is 5.48. The molecule has 1 aromatic rings. The van der Waals surface area contributed by atoms with Crippen LogP contribution in [0.4, 0.5) is 11.6 Å². The smallest absolute Gasteiger partial charge is 0.208 e. The lowest BCUT2D eigenvalue weighted by Crippen LogP contribution is -2.28. The molecular formula is C12H24N6O2S. The Hall–Kier alpha value is -1.45. The molecule has 8 nitrogen and oxygen atoms in total. The molecule has 1 aromatic heterocycles. The highest BCUT2D eigenvalue weighted by Gasteiger charge is 2.20. The molecule has 0 bridgehead atoms. The summed E-state index contributed by atoms with van der Waals surface area (Å²) in [6, 6.07) is 0. The Labute approximate surface area is 126 Å². The van der Waals surface area contributed by atoms with Crippen LogP contribution in [-0.2, 0) is 15.4 Å². The van der Waals surface area contributed by atoms with E-state index in [1.807, 2.05) is 27.7 Å². The number of nitrogens with one attached hydrogen (secondary N) is 3. The predicted molar refractivity (Wildman–Crippen MR) is 84.6 cm³/mol. The van der Waals surface area contributed by atoms with E-state index in [9.17, 15) is 8.42 Å². The molecule has 21 heavy (non-hydrogen) atoms. The van der Waals surface area contributed by atoms with Gasteiger partial charge in [0.25, 0.3) is 0 Å². The number of nitrogens with zero attached hydrogens (tertiary/aromatic N) is 2. The van der Waals surface area contributed by atoms with Gasteiger partial charge in [-0.3, -0.25) is 0 Å². The van der Waals surface area contributed by atoms with Crippen LogP contribution in [0.1, 0.15) is 32.2 Å². The quantitative estimate of drug-likeness (QED) is 0.339. The van der Waals surface area contributed by atoms with E-state index in [0.717, 1.165) is 11.8 Å². The van der Waals surface area contributed by atoms with Gasteiger partial charge in [0.1, 0.15) is 17.5 Å². The number of anilines is 2. The molecule has 0 amide bonds. The lowest BCUT2D eigenvalue weighted by Gasteiger charge is -2.20. The maximum absolute atomic E-state index is 11.0. The molecule has 0 saturated heterocycles. The van der Waals surface area contributed by atoms with E-state index in [0.29, 0.717) is 24.0 Å². The minimum atomic E-state index is -3.19. The van der Waals surface area contributed by atoms with Gasteiger partial charge in [-0.2, -0.15) is 0 Å². The monoisotopic (exact) mass is 316 g/mol. The molecule has 0 aromatic carbocycles. The van der Waals surface area contributed by atoms with E-state index in [-0.39, 0.29) is 12.0 Å². The molecule has 120 valence electrons. The SMILES string of the molecule is Cc1c(NN)nc(C(C)(C)C)nc1NCCNS(C)(=O)=O. The Bertz CT molecular complexity index is 595. The zero-order chi connectivity index (χ0) is 16.3. The summed E-state index contributed by atoms with van der Waals surface area (Å²) >= 11 is 0. The molecule has 0 aliphatic rings. The summed E-state index contributed by atoms with van der Waals surface area (Å²) in [7, 11) is -3.19. The predicted octanol–water partition coefficient (Wildman–Crippen LogP) is 0.329. The summed E-state index contributed by atoms with van der Waals surface area (Å²) in [6.07, 6.45) is 1.12. The number of aromatic nitrogens is 2. The Balaban J connectivity index is 2.90. The molecule has 0 radical (unpaired) electrons. The summed E-state index contributed by atoms with van der Waals surface area (Å²) in [5.74, 6) is 7.32. The molecule has 0 fully saturated rings. The number of nitrogen functional groups attached to an aromatic ring is 1. The fraction of sp³-hybridized carbons (Fsp3) is 0.667. The molecule has 5 N–H and O–H groups in total. The van der Waals surface area contributed by atoms with Crippen molar-refractivity contribution in [2.75, 3.05) is 30.1 Å². The molecular weight excluding hydrogens is 292 g/mol. The van der Waals surface area contributed by atoms with Gasteiger partial charge in [0.05, 0.1) is 6.26 Å². The van der Waals surface area contributed by atoms with Crippen LogP contribution in [-0.4, -0.2) is 37.7 Å². The van der Waals surface area contributed by atoms with Crippen LogP contribution in [0.3, 0.4) is 0 Å². The van der Waals surface area contributed by atoms with Crippen LogP contribution >= 0.6 is 0 Å². The third kappa shape index (κ3) is 5.44. The third-order valence-corrected chi connectivity index (χ3v) is 3.46. The molecule has 0 atom stereocenters. The highest BCUT2D eigenvalue weighted by atomic mass is 32.2. The lowest BCUT2D eigenvalue weighted by molar-refractivity contribution is 0.546. The Morgan fingerprint density at radius 1 is 1.14 bits per heavy atom. The number of nitrogens with two attached hydrogens (primary N) is 1. The van der Waals surface area contributed by atoms with Crippen LogP contribution in [0.2, 0.25) is 0 Å². The second-order valence-electron chi connectivity index (χ2n) is 5.86. The summed E-state index contributed by atoms with van der Waals surface area (Å²) in [6.45, 7) is 8.55. The molecule has 0 aliphatic heterocycles. The second-order valence-corrected chi connectivity index (χ2v) is 7.69. The fourth-order valence-electron chi connectivity index (χ4n) is 1.58. The first-order valence-electron chi connectivity index (χ1n) is 6.59. The summed E-state index contributed by atoms with van der Waals surface area (Å²) in [4.78, 5) is 8.88. The van der Waals surface area contributed by atoms with Gasteiger partial charge in [-0.05, 0) is 6.92 Å². The topological polar surface area (TPSA) is 122 Å². The van der Waals surface area contributed by atoms with Crippen LogP contribution < -0.4 is 21.3 Å². The maximum atomic E-state index is 11.0. The van der Waals surface area contributed by atoms with Crippen molar-refractivity contribution in [3.05, 3.63) is 11.4 Å². The fourth-order valence-corrected chi connectivity index (χ4v) is 2.05. The highest BCUT2D eigenvalue weighted by Crippen LogP contribution is 2.25. The largest absolute Gasteiger partial charge is 0.368 e. The van der Waals surface area contributed by atoms with E-state index in [1.54, 1.807) is 0 Å². The molecule has 0 aliphatic carbocycles. The molecule has 1 heterocycles. The maximum Gasteiger partial charge on any atom is 0.208 e. The van der Waals surface area contributed by atoms with Crippen molar-refractivity contribution in [1.29, 1.82) is 0 Å². The first kappa shape index (κ1) is 17.6. The normalized spacial score (nSPS) is 12.3. The van der Waals surface area contributed by atoms with Crippen molar-refractivity contribution in [2.45, 2.75) is 33.1 Å². The number of sulfonamides is 1. The Morgan fingerprint density at radius 3 is 2.19 bits per heavy atom. The minimum Gasteiger partial charge on any atom is -0.368 e. The van der Waals surface area contributed by atoms with Gasteiger partial charge >= 0.3 is 0 Å². The molecule has 1 rings (SSSR count). The average molecular weight is 316 g/mol. The average Bonchev–Trinajstić information content (AvgIpc) is 2.33. The van der Waals surface area contributed by atoms with Crippen molar-refractivity contribution >= 4 is 21.7 Å². The van der Waals surface area contributed by atoms with Crippen LogP contribution in [0.5, 0.6) is 0 Å². The number of hydrogen-bond donors (Lipinski definition) is 4. The van der Waals surface area contributed by atoms with Gasteiger partial charge < -0.3 is 10.7 Å². The zero-order valence-corrected chi connectivity index (χ0v) is 13.9. The van der Waals surface area contributed by atoms with Gasteiger partial charge in [-0.15, -0.1) is 0 Å². The van der Waals surface area contributed by atoms with E-state index in [1.165, 1.54) is 0 Å². The number of hydrogen-bond acceptors (Lipinski definition) is 7. The standard InChI is InChI=1S/C12H24N6O2S/c1-8-9(14-6-7-15-21(5,19)20)16-11(12(2,3)4)17-10(8)18-13/h15H,6-7,13H2,1-5H3,(H2,14,16,17,18). The molecule has 0 spiro atoms. The first-order valence-corrected chi connectivity index (χ1v) is 8.48. The van der Waals surface area contributed by atoms with Crippen LogP contribution in [0.15, 0.2) is 0 Å². The first-order chi connectivity index (χ1) is 9.54. The van der Waals surface area contributed by atoms with Crippen molar-refractivity contribution < 1.29 is 8.42 Å². The van der Waals surface area contributed by atoms with Crippen molar-refractivity contribution in [2.24, 2.45) is 5.84 Å². The zero-order valence-electron chi connectivity index (χ0n) is 13.1. The van der Waals surface area contributed by atoms with Crippen molar-refractivity contribution in [3.8, 4) is 0 Å². The highest BCUT2D eigenvalue weighted by molar-refractivity contribution is 7.88. The number of hydrazine groups is 1. The summed E-state index contributed by atoms with van der Waals surface area (Å²) in [5.41, 5.74) is 3.12. The lowest BCUT2D eigenvalue weighted by atomic mass is 9.95. The van der Waals surface area contributed by atoms with Gasteiger partial charge in [-0.25, -0.2) is 29.0 Å². The molecule has 0 saturated carbocycles. The van der Waals surface area contributed by atoms with Gasteiger partial charge in [0, 0.05) is 24.1 Å². The van der Waals surface area contributed by atoms with E-state index in [4.69, 9.17) is 5.84 Å². The van der Waals surface area contributed by atoms with Crippen LogP contribution in [0, 0.1) is 6.92 Å². The van der Waals surface area contributed by atoms with Crippen molar-refractivity contribution in [1.82, 2.24) is 14.7 Å². The van der Waals surface area contributed by atoms with Gasteiger partial charge in [0.15, 0.2) is 0 Å². The summed E-state index contributed by atoms with van der Waals surface area (Å²) < 4.78 is 24.4. The minimum absolute atomic E-state index is 0.221. The van der Waals surface area contributed by atoms with Crippen LogP contribution in [0.25, 0.3) is 0 Å². The van der Waals surface area contributed by atoms with E-state index < -0.39 is 10.0 Å².